The number of aliphatic hydroxyl groups is 1. The first kappa shape index (κ1) is 27.5. The second-order valence-corrected chi connectivity index (χ2v) is 7.81. The highest BCUT2D eigenvalue weighted by atomic mass is 32.1. The van der Waals surface area contributed by atoms with Gasteiger partial charge in [-0.1, -0.05) is 0 Å². The van der Waals surface area contributed by atoms with Crippen LogP contribution in [-0.2, 0) is 23.9 Å². The van der Waals surface area contributed by atoms with Gasteiger partial charge in [0.15, 0.2) is 0 Å². The molecule has 0 aliphatic carbocycles. The zero-order valence-electron chi connectivity index (χ0n) is 17.2. The van der Waals surface area contributed by atoms with Gasteiger partial charge in [0.05, 0.1) is 6.10 Å². The van der Waals surface area contributed by atoms with Gasteiger partial charge in [0.2, 0.25) is 11.8 Å². The van der Waals surface area contributed by atoms with E-state index >= 15 is 0 Å². The van der Waals surface area contributed by atoms with Gasteiger partial charge in [0.25, 0.3) is 0 Å². The number of hydrogen-bond donors (Lipinski definition) is 7. The molecule has 13 heteroatoms. The van der Waals surface area contributed by atoms with Crippen LogP contribution in [0.1, 0.15) is 40.5 Å². The van der Waals surface area contributed by atoms with Crippen LogP contribution in [0.25, 0.3) is 0 Å². The van der Waals surface area contributed by atoms with E-state index in [0.29, 0.717) is 0 Å². The average molecular weight is 451 g/mol. The van der Waals surface area contributed by atoms with Crippen LogP contribution in [0.2, 0.25) is 0 Å². The van der Waals surface area contributed by atoms with Crippen LogP contribution >= 0.6 is 12.6 Å². The summed E-state index contributed by atoms with van der Waals surface area (Å²) in [5.41, 5.74) is -0.814. The number of aliphatic hydroxyl groups excluding tert-OH is 1. The maximum atomic E-state index is 12.4. The molecule has 0 fully saturated rings. The van der Waals surface area contributed by atoms with E-state index in [-0.39, 0.29) is 5.75 Å². The zero-order chi connectivity index (χ0) is 23.6. The molecule has 0 aromatic heterocycles. The minimum atomic E-state index is -1.56. The van der Waals surface area contributed by atoms with Gasteiger partial charge < -0.3 is 36.0 Å². The number of carbonyl (C=O) groups excluding carboxylic acids is 3. The van der Waals surface area contributed by atoms with Crippen LogP contribution in [0.4, 0.5) is 4.79 Å². The SMILES string of the molecule is C[C@@H](O)[C@H](NC(=O)[C@H](CS)NC(=O)OC(C)(C)C)C(=O)N[C@@H](CCC(=O)O)C(=O)O. The van der Waals surface area contributed by atoms with Crippen LogP contribution in [0.15, 0.2) is 0 Å². The lowest BCUT2D eigenvalue weighted by Crippen LogP contribution is -2.59. The van der Waals surface area contributed by atoms with Crippen LogP contribution in [0.3, 0.4) is 0 Å². The second kappa shape index (κ2) is 12.2. The Kier molecular flexibility index (Phi) is 11.2. The minimum absolute atomic E-state index is 0.157. The number of carboxylic acid groups (broad SMARTS) is 2. The number of amides is 3. The molecule has 4 atom stereocenters. The van der Waals surface area contributed by atoms with Gasteiger partial charge in [-0.2, -0.15) is 12.6 Å². The fourth-order valence-corrected chi connectivity index (χ4v) is 2.35. The molecule has 0 bridgehead atoms. The van der Waals surface area contributed by atoms with Crippen molar-refractivity contribution in [2.45, 2.75) is 70.4 Å². The van der Waals surface area contributed by atoms with Crippen molar-refractivity contribution in [2.24, 2.45) is 0 Å². The van der Waals surface area contributed by atoms with Crippen LogP contribution in [0.5, 0.6) is 0 Å². The fraction of sp³-hybridized carbons (Fsp3) is 0.706. The molecule has 12 nitrogen and oxygen atoms in total. The largest absolute Gasteiger partial charge is 0.481 e. The van der Waals surface area contributed by atoms with Gasteiger partial charge in [-0.15, -0.1) is 0 Å². The van der Waals surface area contributed by atoms with Crippen molar-refractivity contribution in [3.05, 3.63) is 0 Å². The van der Waals surface area contributed by atoms with Crippen molar-refractivity contribution >= 4 is 42.5 Å². The maximum absolute atomic E-state index is 12.4. The summed E-state index contributed by atoms with van der Waals surface area (Å²) >= 11 is 3.97. The van der Waals surface area contributed by atoms with Gasteiger partial charge >= 0.3 is 18.0 Å². The Labute approximate surface area is 179 Å². The molecule has 30 heavy (non-hydrogen) atoms. The number of nitrogens with one attached hydrogen (secondary N) is 3. The Morgan fingerprint density at radius 2 is 1.53 bits per heavy atom. The molecule has 0 heterocycles. The number of aliphatic carboxylic acids is 2. The first-order valence-electron chi connectivity index (χ1n) is 9.01. The van der Waals surface area contributed by atoms with E-state index < -0.39 is 72.5 Å². The van der Waals surface area contributed by atoms with Gasteiger partial charge in [-0.05, 0) is 34.1 Å². The van der Waals surface area contributed by atoms with Crippen molar-refractivity contribution in [1.29, 1.82) is 0 Å². The first-order chi connectivity index (χ1) is 13.7. The van der Waals surface area contributed by atoms with Gasteiger partial charge in [-0.25, -0.2) is 9.59 Å². The maximum Gasteiger partial charge on any atom is 0.408 e. The average Bonchev–Trinajstić information content (AvgIpc) is 2.58. The Morgan fingerprint density at radius 3 is 1.93 bits per heavy atom. The third kappa shape index (κ3) is 10.9. The molecule has 0 radical (unpaired) electrons. The molecule has 172 valence electrons. The number of thiol groups is 1. The monoisotopic (exact) mass is 451 g/mol. The fourth-order valence-electron chi connectivity index (χ4n) is 2.09. The third-order valence-corrected chi connectivity index (χ3v) is 3.88. The minimum Gasteiger partial charge on any atom is -0.481 e. The third-order valence-electron chi connectivity index (χ3n) is 3.51. The molecule has 0 spiro atoms. The highest BCUT2D eigenvalue weighted by molar-refractivity contribution is 7.80. The Balaban J connectivity index is 5.16. The Bertz CT molecular complexity index is 649. The highest BCUT2D eigenvalue weighted by Crippen LogP contribution is 2.07. The molecule has 0 aliphatic rings. The molecule has 0 rings (SSSR count). The lowest BCUT2D eigenvalue weighted by molar-refractivity contribution is -0.144. The summed E-state index contributed by atoms with van der Waals surface area (Å²) in [4.78, 5) is 58.5. The molecule has 0 saturated heterocycles. The Hall–Kier alpha value is -2.54. The lowest BCUT2D eigenvalue weighted by atomic mass is 10.1. The molecular weight excluding hydrogens is 422 g/mol. The van der Waals surface area contributed by atoms with E-state index in [1.807, 2.05) is 0 Å². The topological polar surface area (TPSA) is 191 Å². The van der Waals surface area contributed by atoms with E-state index in [1.54, 1.807) is 20.8 Å². The van der Waals surface area contributed by atoms with Gasteiger partial charge in [0, 0.05) is 12.2 Å². The summed E-state index contributed by atoms with van der Waals surface area (Å²) in [6, 6.07) is -4.31. The summed E-state index contributed by atoms with van der Waals surface area (Å²) in [6.07, 6.45) is -3.22. The highest BCUT2D eigenvalue weighted by Gasteiger charge is 2.32. The van der Waals surface area contributed by atoms with E-state index in [0.717, 1.165) is 0 Å². The molecule has 0 aromatic carbocycles. The summed E-state index contributed by atoms with van der Waals surface area (Å²) in [5.74, 6) is -4.78. The van der Waals surface area contributed by atoms with Gasteiger partial charge in [0.1, 0.15) is 23.7 Å². The van der Waals surface area contributed by atoms with Gasteiger partial charge in [-0.3, -0.25) is 14.4 Å². The normalized spacial score (nSPS) is 15.1. The van der Waals surface area contributed by atoms with Crippen molar-refractivity contribution in [2.75, 3.05) is 5.75 Å². The smallest absolute Gasteiger partial charge is 0.408 e. The standard InChI is InChI=1S/C17H29N3O9S/c1-8(21)12(14(25)18-9(15(26)27)5-6-11(22)23)20-13(24)10(7-30)19-16(28)29-17(2,3)4/h8-10,12,21,30H,5-7H2,1-4H3,(H,18,25)(H,19,28)(H,20,24)(H,22,23)(H,26,27)/t8-,9+,10+,12+/m1/s1. The molecular formula is C17H29N3O9S. The van der Waals surface area contributed by atoms with Crippen molar-refractivity contribution in [3.63, 3.8) is 0 Å². The molecule has 3 amide bonds. The molecule has 0 aliphatic heterocycles. The zero-order valence-corrected chi connectivity index (χ0v) is 18.1. The van der Waals surface area contributed by atoms with Crippen molar-refractivity contribution < 1.29 is 44.0 Å². The Morgan fingerprint density at radius 1 is 0.967 bits per heavy atom. The first-order valence-corrected chi connectivity index (χ1v) is 9.65. The van der Waals surface area contributed by atoms with Crippen LogP contribution in [0, 0.1) is 0 Å². The predicted octanol–water partition coefficient (Wildman–Crippen LogP) is -0.891. The molecule has 0 unspecified atom stereocenters. The summed E-state index contributed by atoms with van der Waals surface area (Å²) in [6.45, 7) is 6.06. The number of ether oxygens (including phenoxy) is 1. The number of rotatable bonds is 11. The summed E-state index contributed by atoms with van der Waals surface area (Å²) in [5, 5.41) is 34.2. The van der Waals surface area contributed by atoms with Crippen LogP contribution < -0.4 is 16.0 Å². The number of alkyl carbamates (subject to hydrolysis) is 1. The molecule has 0 saturated carbocycles. The van der Waals surface area contributed by atoms with E-state index in [1.165, 1.54) is 6.92 Å². The van der Waals surface area contributed by atoms with E-state index in [2.05, 4.69) is 28.6 Å². The van der Waals surface area contributed by atoms with Crippen molar-refractivity contribution in [1.82, 2.24) is 16.0 Å². The predicted molar refractivity (Wildman–Crippen MR) is 107 cm³/mol. The number of carboxylic acids is 2. The lowest BCUT2D eigenvalue weighted by Gasteiger charge is -2.26. The quantitative estimate of drug-likeness (QED) is 0.195. The molecule has 6 N–H and O–H groups in total. The summed E-state index contributed by atoms with van der Waals surface area (Å²) < 4.78 is 5.04. The number of carbonyl (C=O) groups is 5. The van der Waals surface area contributed by atoms with E-state index in [9.17, 15) is 29.1 Å². The van der Waals surface area contributed by atoms with Crippen molar-refractivity contribution in [3.8, 4) is 0 Å². The number of hydrogen-bond acceptors (Lipinski definition) is 8. The van der Waals surface area contributed by atoms with E-state index in [4.69, 9.17) is 14.9 Å². The summed E-state index contributed by atoms with van der Waals surface area (Å²) in [7, 11) is 0. The van der Waals surface area contributed by atoms with Crippen LogP contribution in [-0.4, -0.2) is 80.7 Å². The molecule has 0 aromatic rings. The second-order valence-electron chi connectivity index (χ2n) is 7.44.